The molecule has 0 bridgehead atoms. The molecule has 10 nitrogen and oxygen atoms in total. The third-order valence-electron chi connectivity index (χ3n) is 5.61. The standard InChI is InChI=1S/C20H24N6O4/c1-20(2,3)26-18(22-23-24-26)17(25-4-6-28-7-5-25)13-8-12-9-15-16(30-11-29-15)10-14(12)21-19(13)27/h8-10,17H,4-7,11H2,1-3H3,(H,21,27)/p+1/t17-/m0/s1. The van der Waals surface area contributed by atoms with Crippen LogP contribution >= 0.6 is 0 Å². The molecule has 2 aromatic heterocycles. The number of quaternary nitrogens is 1. The maximum Gasteiger partial charge on any atom is 0.258 e. The number of nitrogens with zero attached hydrogens (tertiary/aromatic N) is 4. The van der Waals surface area contributed by atoms with Gasteiger partial charge in [-0.05, 0) is 43.3 Å². The lowest BCUT2D eigenvalue weighted by Gasteiger charge is -2.32. The van der Waals surface area contributed by atoms with Crippen molar-refractivity contribution in [2.75, 3.05) is 33.1 Å². The minimum Gasteiger partial charge on any atom is -0.454 e. The van der Waals surface area contributed by atoms with Crippen LogP contribution in [0.4, 0.5) is 0 Å². The van der Waals surface area contributed by atoms with Crippen LogP contribution in [0.3, 0.4) is 0 Å². The van der Waals surface area contributed by atoms with E-state index in [1.807, 2.05) is 37.6 Å². The summed E-state index contributed by atoms with van der Waals surface area (Å²) in [5.41, 5.74) is 0.852. The molecule has 2 aliphatic heterocycles. The first kappa shape index (κ1) is 19.0. The Kier molecular flexibility index (Phi) is 4.48. The monoisotopic (exact) mass is 413 g/mol. The smallest absolute Gasteiger partial charge is 0.258 e. The van der Waals surface area contributed by atoms with Crippen molar-refractivity contribution in [2.45, 2.75) is 32.4 Å². The second kappa shape index (κ2) is 7.06. The molecule has 2 N–H and O–H groups in total. The number of rotatable bonds is 3. The van der Waals surface area contributed by atoms with Crippen LogP contribution in [0.2, 0.25) is 0 Å². The molecule has 0 spiro atoms. The SMILES string of the molecule is CC(C)(C)n1nnnc1[C@H](c1cc2cc3c(cc2[nH]c1=O)OCO3)[NH+]1CCOCC1. The maximum absolute atomic E-state index is 13.2. The molecular weight excluding hydrogens is 388 g/mol. The molecule has 0 aliphatic carbocycles. The summed E-state index contributed by atoms with van der Waals surface area (Å²) in [4.78, 5) is 17.4. The predicted molar refractivity (Wildman–Crippen MR) is 107 cm³/mol. The molecule has 30 heavy (non-hydrogen) atoms. The Morgan fingerprint density at radius 3 is 2.60 bits per heavy atom. The summed E-state index contributed by atoms with van der Waals surface area (Å²) in [6.45, 7) is 9.11. The van der Waals surface area contributed by atoms with Crippen LogP contribution in [-0.2, 0) is 10.3 Å². The molecule has 2 aliphatic rings. The van der Waals surface area contributed by atoms with E-state index in [-0.39, 0.29) is 23.9 Å². The van der Waals surface area contributed by atoms with E-state index in [9.17, 15) is 4.79 Å². The number of hydrogen-bond donors (Lipinski definition) is 2. The summed E-state index contributed by atoms with van der Waals surface area (Å²) >= 11 is 0. The second-order valence-electron chi connectivity index (χ2n) is 8.67. The van der Waals surface area contributed by atoms with Crippen LogP contribution < -0.4 is 19.9 Å². The van der Waals surface area contributed by atoms with E-state index in [4.69, 9.17) is 14.2 Å². The first-order chi connectivity index (χ1) is 14.4. The molecule has 10 heteroatoms. The number of H-pyrrole nitrogens is 1. The van der Waals surface area contributed by atoms with Crippen LogP contribution in [0.1, 0.15) is 38.2 Å². The molecule has 3 aromatic rings. The number of ether oxygens (including phenoxy) is 3. The molecular formula is C20H25N6O4+. The van der Waals surface area contributed by atoms with E-state index < -0.39 is 0 Å². The molecule has 1 fully saturated rings. The largest absolute Gasteiger partial charge is 0.454 e. The molecule has 1 aromatic carbocycles. The summed E-state index contributed by atoms with van der Waals surface area (Å²) < 4.78 is 18.3. The molecule has 0 unspecified atom stereocenters. The zero-order chi connectivity index (χ0) is 20.9. The Bertz CT molecular complexity index is 1140. The van der Waals surface area contributed by atoms with Gasteiger partial charge in [-0.15, -0.1) is 5.10 Å². The van der Waals surface area contributed by atoms with Crippen LogP contribution in [-0.4, -0.2) is 58.3 Å². The number of nitrogens with one attached hydrogen (secondary N) is 2. The molecule has 4 heterocycles. The number of aromatic nitrogens is 5. The normalized spacial score (nSPS) is 18.1. The average molecular weight is 413 g/mol. The predicted octanol–water partition coefficient (Wildman–Crippen LogP) is 0.00280. The van der Waals surface area contributed by atoms with Crippen molar-refractivity contribution in [1.82, 2.24) is 25.2 Å². The summed E-state index contributed by atoms with van der Waals surface area (Å²) in [5.74, 6) is 1.98. The van der Waals surface area contributed by atoms with Gasteiger partial charge in [0.2, 0.25) is 12.6 Å². The van der Waals surface area contributed by atoms with E-state index in [0.717, 1.165) is 18.5 Å². The Morgan fingerprint density at radius 1 is 1.13 bits per heavy atom. The molecule has 0 amide bonds. The molecule has 1 atom stereocenters. The first-order valence-corrected chi connectivity index (χ1v) is 10.1. The van der Waals surface area contributed by atoms with Gasteiger partial charge in [0.25, 0.3) is 5.56 Å². The highest BCUT2D eigenvalue weighted by Gasteiger charge is 2.37. The summed E-state index contributed by atoms with van der Waals surface area (Å²) in [7, 11) is 0. The van der Waals surface area contributed by atoms with Gasteiger partial charge in [0.05, 0.1) is 29.8 Å². The van der Waals surface area contributed by atoms with Crippen molar-refractivity contribution in [3.63, 3.8) is 0 Å². The lowest BCUT2D eigenvalue weighted by Crippen LogP contribution is -3.14. The Balaban J connectivity index is 1.69. The number of pyridine rings is 1. The number of morpholine rings is 1. The van der Waals surface area contributed by atoms with Gasteiger partial charge < -0.3 is 24.1 Å². The minimum absolute atomic E-state index is 0.159. The minimum atomic E-state index is -0.321. The fourth-order valence-electron chi connectivity index (χ4n) is 4.14. The third kappa shape index (κ3) is 3.21. The molecule has 5 rings (SSSR count). The number of aromatic amines is 1. The topological polar surface area (TPSA) is 109 Å². The van der Waals surface area contributed by atoms with Gasteiger partial charge in [-0.1, -0.05) is 0 Å². The van der Waals surface area contributed by atoms with Crippen molar-refractivity contribution in [2.24, 2.45) is 0 Å². The zero-order valence-corrected chi connectivity index (χ0v) is 17.3. The van der Waals surface area contributed by atoms with Crippen molar-refractivity contribution >= 4 is 10.9 Å². The van der Waals surface area contributed by atoms with E-state index in [2.05, 4.69) is 20.5 Å². The fraction of sp³-hybridized carbons (Fsp3) is 0.500. The third-order valence-corrected chi connectivity index (χ3v) is 5.61. The number of fused-ring (bicyclic) bond motifs is 2. The van der Waals surface area contributed by atoms with Crippen molar-refractivity contribution in [3.05, 3.63) is 39.9 Å². The van der Waals surface area contributed by atoms with Gasteiger partial charge >= 0.3 is 0 Å². The lowest BCUT2D eigenvalue weighted by atomic mass is 10.0. The van der Waals surface area contributed by atoms with Crippen LogP contribution in [0.15, 0.2) is 23.0 Å². The van der Waals surface area contributed by atoms with E-state index in [1.165, 1.54) is 4.90 Å². The molecule has 0 radical (unpaired) electrons. The fourth-order valence-corrected chi connectivity index (χ4v) is 4.14. The Hall–Kier alpha value is -2.98. The van der Waals surface area contributed by atoms with Crippen molar-refractivity contribution in [3.8, 4) is 11.5 Å². The van der Waals surface area contributed by atoms with Crippen LogP contribution in [0.5, 0.6) is 11.5 Å². The summed E-state index contributed by atoms with van der Waals surface area (Å²) in [6.07, 6.45) is 0. The highest BCUT2D eigenvalue weighted by atomic mass is 16.7. The second-order valence-corrected chi connectivity index (χ2v) is 8.67. The van der Waals surface area contributed by atoms with E-state index in [1.54, 1.807) is 6.07 Å². The van der Waals surface area contributed by atoms with Crippen LogP contribution in [0.25, 0.3) is 10.9 Å². The Labute approximate surface area is 172 Å². The van der Waals surface area contributed by atoms with Gasteiger partial charge in [-0.3, -0.25) is 4.79 Å². The quantitative estimate of drug-likeness (QED) is 0.622. The summed E-state index contributed by atoms with van der Waals surface area (Å²) in [6, 6.07) is 5.31. The van der Waals surface area contributed by atoms with Gasteiger partial charge in [0.15, 0.2) is 17.5 Å². The number of hydrogen-bond acceptors (Lipinski definition) is 7. The van der Waals surface area contributed by atoms with E-state index >= 15 is 0 Å². The zero-order valence-electron chi connectivity index (χ0n) is 17.3. The molecule has 158 valence electrons. The summed E-state index contributed by atoms with van der Waals surface area (Å²) in [5, 5.41) is 13.4. The lowest BCUT2D eigenvalue weighted by molar-refractivity contribution is -0.934. The van der Waals surface area contributed by atoms with Gasteiger partial charge in [0, 0.05) is 11.5 Å². The molecule has 1 saturated heterocycles. The van der Waals surface area contributed by atoms with Crippen LogP contribution in [0, 0.1) is 0 Å². The average Bonchev–Trinajstić information content (AvgIpc) is 3.37. The van der Waals surface area contributed by atoms with Gasteiger partial charge in [0.1, 0.15) is 13.1 Å². The van der Waals surface area contributed by atoms with E-state index in [0.29, 0.717) is 41.6 Å². The highest BCUT2D eigenvalue weighted by molar-refractivity contribution is 5.83. The molecule has 0 saturated carbocycles. The number of tetrazole rings is 1. The number of benzene rings is 1. The first-order valence-electron chi connectivity index (χ1n) is 10.1. The maximum atomic E-state index is 13.2. The Morgan fingerprint density at radius 2 is 1.87 bits per heavy atom. The van der Waals surface area contributed by atoms with Crippen molar-refractivity contribution < 1.29 is 19.1 Å². The van der Waals surface area contributed by atoms with Crippen molar-refractivity contribution in [1.29, 1.82) is 0 Å². The highest BCUT2D eigenvalue weighted by Crippen LogP contribution is 2.35. The van der Waals surface area contributed by atoms with Gasteiger partial charge in [-0.25, -0.2) is 4.68 Å². The van der Waals surface area contributed by atoms with Gasteiger partial charge in [-0.2, -0.15) is 0 Å².